The van der Waals surface area contributed by atoms with Crippen LogP contribution >= 0.6 is 0 Å². The Morgan fingerprint density at radius 3 is 2.48 bits per heavy atom. The maximum atomic E-state index is 12.2. The molecule has 1 aromatic rings. The van der Waals surface area contributed by atoms with E-state index in [0.717, 1.165) is 25.7 Å². The van der Waals surface area contributed by atoms with Crippen molar-refractivity contribution in [1.82, 2.24) is 10.5 Å². The molecular formula is C17H27N3O3. The van der Waals surface area contributed by atoms with Crippen LogP contribution in [0.15, 0.2) is 4.52 Å². The number of rotatable bonds is 5. The van der Waals surface area contributed by atoms with Crippen LogP contribution in [-0.2, 0) is 9.59 Å². The van der Waals surface area contributed by atoms with E-state index in [9.17, 15) is 9.59 Å². The topological polar surface area (TPSA) is 84.2 Å². The van der Waals surface area contributed by atoms with E-state index in [-0.39, 0.29) is 6.04 Å². The number of aromatic nitrogens is 1. The molecule has 23 heavy (non-hydrogen) atoms. The molecule has 1 unspecified atom stereocenters. The maximum Gasteiger partial charge on any atom is 0.313 e. The van der Waals surface area contributed by atoms with Crippen LogP contribution in [0.5, 0.6) is 0 Å². The standard InChI is InChI=1S/C17H27N3O3/c1-4-8-14(13-9-6-5-7-10-13)18-16(21)17(22)19-15-11(2)20-23-12(15)3/h13-14H,4-10H2,1-3H3,(H,18,21)(H,19,22). The minimum atomic E-state index is -0.656. The highest BCUT2D eigenvalue weighted by molar-refractivity contribution is 6.39. The molecule has 2 rings (SSSR count). The lowest BCUT2D eigenvalue weighted by molar-refractivity contribution is -0.137. The Balaban J connectivity index is 1.96. The van der Waals surface area contributed by atoms with E-state index in [2.05, 4.69) is 22.7 Å². The fraction of sp³-hybridized carbons (Fsp3) is 0.706. The van der Waals surface area contributed by atoms with Crippen molar-refractivity contribution in [3.63, 3.8) is 0 Å². The highest BCUT2D eigenvalue weighted by Gasteiger charge is 2.27. The molecule has 128 valence electrons. The van der Waals surface area contributed by atoms with Crippen LogP contribution in [-0.4, -0.2) is 23.0 Å². The Morgan fingerprint density at radius 2 is 1.91 bits per heavy atom. The van der Waals surface area contributed by atoms with Crippen LogP contribution in [0.4, 0.5) is 5.69 Å². The second kappa shape index (κ2) is 8.13. The molecule has 6 nitrogen and oxygen atoms in total. The van der Waals surface area contributed by atoms with E-state index in [1.165, 1.54) is 19.3 Å². The smallest absolute Gasteiger partial charge is 0.313 e. The minimum absolute atomic E-state index is 0.0863. The molecule has 1 saturated carbocycles. The van der Waals surface area contributed by atoms with Crippen LogP contribution in [0.25, 0.3) is 0 Å². The highest BCUT2D eigenvalue weighted by atomic mass is 16.5. The summed E-state index contributed by atoms with van der Waals surface area (Å²) >= 11 is 0. The summed E-state index contributed by atoms with van der Waals surface area (Å²) in [5.74, 6) is -0.245. The third-order valence-electron chi connectivity index (χ3n) is 4.61. The molecule has 2 N–H and O–H groups in total. The third kappa shape index (κ3) is 4.56. The number of carbonyl (C=O) groups is 2. The van der Waals surface area contributed by atoms with Crippen LogP contribution in [0, 0.1) is 19.8 Å². The van der Waals surface area contributed by atoms with Gasteiger partial charge >= 0.3 is 11.8 Å². The molecule has 0 radical (unpaired) electrons. The van der Waals surface area contributed by atoms with E-state index in [1.807, 2.05) is 0 Å². The molecule has 0 aliphatic heterocycles. The molecular weight excluding hydrogens is 294 g/mol. The molecule has 6 heteroatoms. The highest BCUT2D eigenvalue weighted by Crippen LogP contribution is 2.28. The monoisotopic (exact) mass is 321 g/mol. The summed E-state index contributed by atoms with van der Waals surface area (Å²) in [6.07, 6.45) is 7.88. The van der Waals surface area contributed by atoms with Crippen LogP contribution < -0.4 is 10.6 Å². The third-order valence-corrected chi connectivity index (χ3v) is 4.61. The molecule has 1 aliphatic rings. The van der Waals surface area contributed by atoms with Crippen LogP contribution in [0.3, 0.4) is 0 Å². The Bertz CT molecular complexity index is 528. The summed E-state index contributed by atoms with van der Waals surface area (Å²) < 4.78 is 4.99. The fourth-order valence-corrected chi connectivity index (χ4v) is 3.34. The lowest BCUT2D eigenvalue weighted by Crippen LogP contribution is -2.45. The summed E-state index contributed by atoms with van der Waals surface area (Å²) in [5, 5.41) is 9.31. The molecule has 0 bridgehead atoms. The molecule has 1 atom stereocenters. The van der Waals surface area contributed by atoms with Crippen molar-refractivity contribution in [3.8, 4) is 0 Å². The lowest BCUT2D eigenvalue weighted by Gasteiger charge is -2.30. The van der Waals surface area contributed by atoms with E-state index in [1.54, 1.807) is 13.8 Å². The van der Waals surface area contributed by atoms with Gasteiger partial charge in [-0.2, -0.15) is 0 Å². The number of hydrogen-bond donors (Lipinski definition) is 2. The van der Waals surface area contributed by atoms with Gasteiger partial charge in [0.05, 0.1) is 0 Å². The molecule has 0 saturated heterocycles. The van der Waals surface area contributed by atoms with Crippen molar-refractivity contribution in [3.05, 3.63) is 11.5 Å². The Morgan fingerprint density at radius 1 is 1.22 bits per heavy atom. The average molecular weight is 321 g/mol. The SMILES string of the molecule is CCCC(NC(=O)C(=O)Nc1c(C)noc1C)C1CCCCC1. The zero-order valence-corrected chi connectivity index (χ0v) is 14.3. The largest absolute Gasteiger partial charge is 0.359 e. The van der Waals surface area contributed by atoms with Crippen molar-refractivity contribution in [2.24, 2.45) is 5.92 Å². The maximum absolute atomic E-state index is 12.2. The van der Waals surface area contributed by atoms with Gasteiger partial charge in [-0.25, -0.2) is 0 Å². The van der Waals surface area contributed by atoms with Crippen molar-refractivity contribution in [2.75, 3.05) is 5.32 Å². The quantitative estimate of drug-likeness (QED) is 0.816. The Labute approximate surface area is 137 Å². The Kier molecular flexibility index (Phi) is 6.19. The summed E-state index contributed by atoms with van der Waals surface area (Å²) in [4.78, 5) is 24.4. The molecule has 2 amide bonds. The molecule has 1 aliphatic carbocycles. The van der Waals surface area contributed by atoms with Gasteiger partial charge < -0.3 is 15.2 Å². The first-order valence-corrected chi connectivity index (χ1v) is 8.57. The number of carbonyl (C=O) groups excluding carboxylic acids is 2. The van der Waals surface area contributed by atoms with Gasteiger partial charge in [0, 0.05) is 6.04 Å². The molecule has 1 fully saturated rings. The number of nitrogens with one attached hydrogen (secondary N) is 2. The second-order valence-corrected chi connectivity index (χ2v) is 6.42. The summed E-state index contributed by atoms with van der Waals surface area (Å²) in [5.41, 5.74) is 1.05. The van der Waals surface area contributed by atoms with Crippen molar-refractivity contribution in [2.45, 2.75) is 71.8 Å². The van der Waals surface area contributed by atoms with E-state index in [0.29, 0.717) is 23.1 Å². The molecule has 0 spiro atoms. The summed E-state index contributed by atoms with van der Waals surface area (Å²) in [6.45, 7) is 5.54. The Hall–Kier alpha value is -1.85. The summed E-state index contributed by atoms with van der Waals surface area (Å²) in [6, 6.07) is 0.0863. The number of anilines is 1. The lowest BCUT2D eigenvalue weighted by atomic mass is 9.82. The van der Waals surface area contributed by atoms with Crippen molar-refractivity contribution >= 4 is 17.5 Å². The number of nitrogens with zero attached hydrogens (tertiary/aromatic N) is 1. The summed E-state index contributed by atoms with van der Waals surface area (Å²) in [7, 11) is 0. The van der Waals surface area contributed by atoms with Gasteiger partial charge in [-0.1, -0.05) is 37.8 Å². The first-order valence-electron chi connectivity index (χ1n) is 8.57. The first kappa shape index (κ1) is 17.5. The average Bonchev–Trinajstić information content (AvgIpc) is 2.87. The van der Waals surface area contributed by atoms with E-state index < -0.39 is 11.8 Å². The molecule has 1 heterocycles. The molecule has 1 aromatic heterocycles. The number of hydrogen-bond acceptors (Lipinski definition) is 4. The predicted octanol–water partition coefficient (Wildman–Crippen LogP) is 3.10. The molecule has 0 aromatic carbocycles. The number of amides is 2. The normalized spacial score (nSPS) is 16.8. The fourth-order valence-electron chi connectivity index (χ4n) is 3.34. The second-order valence-electron chi connectivity index (χ2n) is 6.42. The predicted molar refractivity (Wildman–Crippen MR) is 88.0 cm³/mol. The van der Waals surface area contributed by atoms with Gasteiger partial charge in [-0.05, 0) is 39.0 Å². The first-order chi connectivity index (χ1) is 11.0. The number of aryl methyl sites for hydroxylation is 2. The van der Waals surface area contributed by atoms with Gasteiger partial charge in [-0.3, -0.25) is 9.59 Å². The van der Waals surface area contributed by atoms with Crippen LogP contribution in [0.1, 0.15) is 63.3 Å². The van der Waals surface area contributed by atoms with Gasteiger partial charge in [0.25, 0.3) is 0 Å². The van der Waals surface area contributed by atoms with E-state index in [4.69, 9.17) is 4.52 Å². The van der Waals surface area contributed by atoms with Crippen molar-refractivity contribution in [1.29, 1.82) is 0 Å². The van der Waals surface area contributed by atoms with Crippen molar-refractivity contribution < 1.29 is 14.1 Å². The zero-order chi connectivity index (χ0) is 16.8. The van der Waals surface area contributed by atoms with Gasteiger partial charge in [-0.15, -0.1) is 0 Å². The van der Waals surface area contributed by atoms with Crippen LogP contribution in [0.2, 0.25) is 0 Å². The zero-order valence-electron chi connectivity index (χ0n) is 14.3. The van der Waals surface area contributed by atoms with Gasteiger partial charge in [0.1, 0.15) is 11.4 Å². The minimum Gasteiger partial charge on any atom is -0.359 e. The van der Waals surface area contributed by atoms with E-state index >= 15 is 0 Å². The van der Waals surface area contributed by atoms with Gasteiger partial charge in [0.2, 0.25) is 0 Å². The van der Waals surface area contributed by atoms with Gasteiger partial charge in [0.15, 0.2) is 5.76 Å².